The number of rotatable bonds is 2. The quantitative estimate of drug-likeness (QED) is 0.654. The third-order valence-electron chi connectivity index (χ3n) is 3.17. The third kappa shape index (κ3) is 1.70. The zero-order valence-corrected chi connectivity index (χ0v) is 8.32. The van der Waals surface area contributed by atoms with Gasteiger partial charge in [0.25, 0.3) is 0 Å². The standard InChI is InChI=1S/C10H17NO2/c1-7-9-4-3-8(6-12-2)5-10(9)13-11-7/h8-10H,3-6H2,1-2H3. The number of oxime groups is 1. The van der Waals surface area contributed by atoms with Gasteiger partial charge in [0.05, 0.1) is 5.71 Å². The summed E-state index contributed by atoms with van der Waals surface area (Å²) in [6, 6.07) is 0. The van der Waals surface area contributed by atoms with Crippen molar-refractivity contribution in [3.05, 3.63) is 0 Å². The first-order valence-electron chi connectivity index (χ1n) is 5.00. The van der Waals surface area contributed by atoms with Crippen LogP contribution in [0.4, 0.5) is 0 Å². The Bertz CT molecular complexity index is 215. The van der Waals surface area contributed by atoms with Gasteiger partial charge in [-0.25, -0.2) is 0 Å². The van der Waals surface area contributed by atoms with Crippen LogP contribution in [0.15, 0.2) is 5.16 Å². The SMILES string of the molecule is COCC1CCC2C(C)=NOC2C1. The van der Waals surface area contributed by atoms with Crippen LogP contribution in [0.25, 0.3) is 0 Å². The summed E-state index contributed by atoms with van der Waals surface area (Å²) in [7, 11) is 1.77. The van der Waals surface area contributed by atoms with Crippen LogP contribution in [-0.4, -0.2) is 25.5 Å². The minimum atomic E-state index is 0.342. The molecule has 1 saturated carbocycles. The van der Waals surface area contributed by atoms with Gasteiger partial charge < -0.3 is 9.57 Å². The zero-order chi connectivity index (χ0) is 9.26. The Kier molecular flexibility index (Phi) is 2.54. The van der Waals surface area contributed by atoms with Gasteiger partial charge >= 0.3 is 0 Å². The van der Waals surface area contributed by atoms with Crippen molar-refractivity contribution >= 4 is 5.71 Å². The highest BCUT2D eigenvalue weighted by Gasteiger charge is 2.37. The highest BCUT2D eigenvalue weighted by atomic mass is 16.6. The number of methoxy groups -OCH3 is 1. The first-order chi connectivity index (χ1) is 6.31. The largest absolute Gasteiger partial charge is 0.392 e. The van der Waals surface area contributed by atoms with E-state index in [9.17, 15) is 0 Å². The minimum absolute atomic E-state index is 0.342. The molecule has 2 rings (SSSR count). The van der Waals surface area contributed by atoms with Crippen LogP contribution in [0.3, 0.4) is 0 Å². The number of hydrogen-bond acceptors (Lipinski definition) is 3. The van der Waals surface area contributed by atoms with Crippen molar-refractivity contribution in [3.63, 3.8) is 0 Å². The third-order valence-corrected chi connectivity index (χ3v) is 3.17. The van der Waals surface area contributed by atoms with E-state index in [1.807, 2.05) is 0 Å². The Hall–Kier alpha value is -0.570. The van der Waals surface area contributed by atoms with Crippen molar-refractivity contribution < 1.29 is 9.57 Å². The lowest BCUT2D eigenvalue weighted by Gasteiger charge is -2.29. The summed E-state index contributed by atoms with van der Waals surface area (Å²) in [5, 5.41) is 4.05. The maximum atomic E-state index is 5.38. The lowest BCUT2D eigenvalue weighted by atomic mass is 9.79. The van der Waals surface area contributed by atoms with Crippen LogP contribution in [0.2, 0.25) is 0 Å². The van der Waals surface area contributed by atoms with Crippen LogP contribution >= 0.6 is 0 Å². The van der Waals surface area contributed by atoms with Gasteiger partial charge in [-0.1, -0.05) is 5.16 Å². The molecule has 3 nitrogen and oxygen atoms in total. The van der Waals surface area contributed by atoms with E-state index in [1.54, 1.807) is 7.11 Å². The predicted octanol–water partition coefficient (Wildman–Crippen LogP) is 1.82. The molecule has 3 unspecified atom stereocenters. The number of nitrogens with zero attached hydrogens (tertiary/aromatic N) is 1. The molecule has 0 aromatic heterocycles. The first-order valence-corrected chi connectivity index (χ1v) is 5.00. The summed E-state index contributed by atoms with van der Waals surface area (Å²) in [5.41, 5.74) is 1.18. The van der Waals surface area contributed by atoms with Gasteiger partial charge in [0.2, 0.25) is 0 Å². The molecule has 74 valence electrons. The van der Waals surface area contributed by atoms with Gasteiger partial charge in [-0.2, -0.15) is 0 Å². The number of ether oxygens (including phenoxy) is 1. The van der Waals surface area contributed by atoms with Crippen LogP contribution in [-0.2, 0) is 9.57 Å². The molecular formula is C10H17NO2. The molecule has 1 aliphatic heterocycles. The second-order valence-corrected chi connectivity index (χ2v) is 4.12. The lowest BCUT2D eigenvalue weighted by molar-refractivity contribution is 0.00533. The molecule has 2 aliphatic rings. The summed E-state index contributed by atoms with van der Waals surface area (Å²) < 4.78 is 5.16. The highest BCUT2D eigenvalue weighted by molar-refractivity contribution is 5.85. The Morgan fingerprint density at radius 2 is 2.38 bits per heavy atom. The summed E-state index contributed by atoms with van der Waals surface area (Å²) in [4.78, 5) is 5.38. The topological polar surface area (TPSA) is 30.8 Å². The van der Waals surface area contributed by atoms with Gasteiger partial charge in [0, 0.05) is 19.6 Å². The molecule has 0 N–H and O–H groups in total. The van der Waals surface area contributed by atoms with Crippen LogP contribution in [0.5, 0.6) is 0 Å². The molecule has 0 aromatic carbocycles. The van der Waals surface area contributed by atoms with Gasteiger partial charge in [0.15, 0.2) is 0 Å². The monoisotopic (exact) mass is 183 g/mol. The predicted molar refractivity (Wildman–Crippen MR) is 50.7 cm³/mol. The molecule has 13 heavy (non-hydrogen) atoms. The molecule has 0 saturated heterocycles. The Labute approximate surface area is 79.1 Å². The molecule has 1 aliphatic carbocycles. The van der Waals surface area contributed by atoms with Crippen molar-refractivity contribution in [1.82, 2.24) is 0 Å². The van der Waals surface area contributed by atoms with Crippen molar-refractivity contribution in [1.29, 1.82) is 0 Å². The van der Waals surface area contributed by atoms with E-state index in [0.29, 0.717) is 17.9 Å². The Morgan fingerprint density at radius 1 is 1.54 bits per heavy atom. The van der Waals surface area contributed by atoms with E-state index in [-0.39, 0.29) is 0 Å². The number of hydrogen-bond donors (Lipinski definition) is 0. The van der Waals surface area contributed by atoms with Gasteiger partial charge in [-0.05, 0) is 32.1 Å². The molecule has 0 spiro atoms. The summed E-state index contributed by atoms with van der Waals surface area (Å²) in [6.07, 6.45) is 3.92. The zero-order valence-electron chi connectivity index (χ0n) is 8.32. The fourth-order valence-electron chi connectivity index (χ4n) is 2.41. The van der Waals surface area contributed by atoms with Crippen LogP contribution < -0.4 is 0 Å². The van der Waals surface area contributed by atoms with E-state index in [0.717, 1.165) is 13.0 Å². The molecular weight excluding hydrogens is 166 g/mol. The minimum Gasteiger partial charge on any atom is -0.392 e. The van der Waals surface area contributed by atoms with Crippen LogP contribution in [0.1, 0.15) is 26.2 Å². The van der Waals surface area contributed by atoms with E-state index < -0.39 is 0 Å². The maximum Gasteiger partial charge on any atom is 0.136 e. The molecule has 0 amide bonds. The molecule has 1 fully saturated rings. The molecule has 3 heteroatoms. The highest BCUT2D eigenvalue weighted by Crippen LogP contribution is 2.35. The Morgan fingerprint density at radius 3 is 3.15 bits per heavy atom. The van der Waals surface area contributed by atoms with Crippen molar-refractivity contribution in [2.24, 2.45) is 17.0 Å². The average molecular weight is 183 g/mol. The van der Waals surface area contributed by atoms with Gasteiger partial charge in [0.1, 0.15) is 6.10 Å². The molecule has 3 atom stereocenters. The first kappa shape index (κ1) is 9.00. The Balaban J connectivity index is 1.90. The molecule has 0 aromatic rings. The maximum absolute atomic E-state index is 5.38. The smallest absolute Gasteiger partial charge is 0.136 e. The average Bonchev–Trinajstić information content (AvgIpc) is 2.48. The van der Waals surface area contributed by atoms with E-state index in [1.165, 1.54) is 18.6 Å². The summed E-state index contributed by atoms with van der Waals surface area (Å²) >= 11 is 0. The normalized spacial score (nSPS) is 38.0. The van der Waals surface area contributed by atoms with Crippen molar-refractivity contribution in [3.8, 4) is 0 Å². The summed E-state index contributed by atoms with van der Waals surface area (Å²) in [5.74, 6) is 1.26. The second kappa shape index (κ2) is 3.66. The molecule has 0 bridgehead atoms. The van der Waals surface area contributed by atoms with Crippen molar-refractivity contribution in [2.45, 2.75) is 32.3 Å². The fraction of sp³-hybridized carbons (Fsp3) is 0.900. The van der Waals surface area contributed by atoms with E-state index in [4.69, 9.17) is 9.57 Å². The lowest BCUT2D eigenvalue weighted by Crippen LogP contribution is -2.31. The molecule has 0 radical (unpaired) electrons. The summed E-state index contributed by atoms with van der Waals surface area (Å²) in [6.45, 7) is 2.94. The molecule has 1 heterocycles. The van der Waals surface area contributed by atoms with E-state index in [2.05, 4.69) is 12.1 Å². The van der Waals surface area contributed by atoms with E-state index >= 15 is 0 Å². The van der Waals surface area contributed by atoms with Crippen LogP contribution in [0, 0.1) is 11.8 Å². The van der Waals surface area contributed by atoms with Gasteiger partial charge in [-0.3, -0.25) is 0 Å². The fourth-order valence-corrected chi connectivity index (χ4v) is 2.41. The van der Waals surface area contributed by atoms with Gasteiger partial charge in [-0.15, -0.1) is 0 Å². The van der Waals surface area contributed by atoms with Crippen molar-refractivity contribution in [2.75, 3.05) is 13.7 Å². The second-order valence-electron chi connectivity index (χ2n) is 4.12. The number of fused-ring (bicyclic) bond motifs is 1.